The molecule has 7 N–H and O–H groups in total. The molecule has 0 spiro atoms. The average Bonchev–Trinajstić information content (AvgIpc) is 3.62. The van der Waals surface area contributed by atoms with Crippen molar-refractivity contribution < 1.29 is 34.5 Å². The summed E-state index contributed by atoms with van der Waals surface area (Å²) in [6.45, 7) is 12.8. The van der Waals surface area contributed by atoms with Gasteiger partial charge in [-0.25, -0.2) is 0 Å². The Morgan fingerprint density at radius 3 is 2.31 bits per heavy atom. The highest BCUT2D eigenvalue weighted by atomic mass is 32.1. The molecule has 0 aromatic carbocycles. The Kier molecular flexibility index (Phi) is 9.98. The van der Waals surface area contributed by atoms with E-state index in [0.717, 1.165) is 5.56 Å². The summed E-state index contributed by atoms with van der Waals surface area (Å²) in [5.74, 6) is -2.83. The maximum absolute atomic E-state index is 12.5. The lowest BCUT2D eigenvalue weighted by Gasteiger charge is -2.20. The van der Waals surface area contributed by atoms with Gasteiger partial charge in [-0.2, -0.15) is 12.6 Å². The summed E-state index contributed by atoms with van der Waals surface area (Å²) in [5.41, 5.74) is 5.45. The van der Waals surface area contributed by atoms with Crippen LogP contribution >= 0.6 is 12.6 Å². The fourth-order valence-electron chi connectivity index (χ4n) is 6.31. The molecule has 4 rings (SSSR count). The predicted molar refractivity (Wildman–Crippen MR) is 174 cm³/mol. The summed E-state index contributed by atoms with van der Waals surface area (Å²) in [5, 5.41) is 37.2. The monoisotopic (exact) mass is 636 g/mol. The molecule has 0 unspecified atom stereocenters. The van der Waals surface area contributed by atoms with Crippen LogP contribution in [0.15, 0.2) is 29.5 Å². The Morgan fingerprint density at radius 1 is 1.04 bits per heavy atom. The first kappa shape index (κ1) is 33.6. The van der Waals surface area contributed by atoms with Crippen LogP contribution in [0.4, 0.5) is 0 Å². The van der Waals surface area contributed by atoms with Crippen molar-refractivity contribution in [3.05, 3.63) is 73.8 Å². The van der Waals surface area contributed by atoms with Gasteiger partial charge in [0, 0.05) is 51.5 Å². The maximum atomic E-state index is 12.5. The largest absolute Gasteiger partial charge is 0.481 e. The number of thiol groups is 1. The van der Waals surface area contributed by atoms with Crippen molar-refractivity contribution in [3.8, 4) is 0 Å². The van der Waals surface area contributed by atoms with Gasteiger partial charge in [-0.05, 0) is 66.8 Å². The molecule has 1 saturated heterocycles. The normalized spacial score (nSPS) is 23.1. The van der Waals surface area contributed by atoms with Crippen LogP contribution in [0.1, 0.15) is 73.5 Å². The van der Waals surface area contributed by atoms with Gasteiger partial charge in [0.25, 0.3) is 5.91 Å². The molecule has 4 heterocycles. The van der Waals surface area contributed by atoms with Crippen LogP contribution in [0, 0.1) is 25.7 Å². The number of carboxylic acids is 2. The summed E-state index contributed by atoms with van der Waals surface area (Å²) in [6, 6.07) is -0.709. The van der Waals surface area contributed by atoms with Crippen LogP contribution in [0.3, 0.4) is 0 Å². The number of allylic oxidation sites excluding steroid dienone is 1. The van der Waals surface area contributed by atoms with Gasteiger partial charge in [0.15, 0.2) is 0 Å². The molecule has 0 saturated carbocycles. The van der Waals surface area contributed by atoms with E-state index in [2.05, 4.69) is 39.8 Å². The molecule has 11 nitrogen and oxygen atoms in total. The molecule has 0 aliphatic carbocycles. The van der Waals surface area contributed by atoms with Crippen molar-refractivity contribution in [3.63, 3.8) is 0 Å². The fraction of sp³-hybridized carbons (Fsp3) is 0.394. The van der Waals surface area contributed by atoms with Crippen LogP contribution in [0.5, 0.6) is 0 Å². The predicted octanol–water partition coefficient (Wildman–Crippen LogP) is 2.14. The van der Waals surface area contributed by atoms with Crippen molar-refractivity contribution in [1.82, 2.24) is 20.6 Å². The lowest BCUT2D eigenvalue weighted by Crippen LogP contribution is -2.34. The van der Waals surface area contributed by atoms with E-state index >= 15 is 0 Å². The highest BCUT2D eigenvalue weighted by Gasteiger charge is 2.38. The highest BCUT2D eigenvalue weighted by molar-refractivity contribution is 7.80. The number of H-pyrrole nitrogens is 2. The number of carbonyl (C=O) groups is 4. The summed E-state index contributed by atoms with van der Waals surface area (Å²) >= 11 is 4.60. The first-order chi connectivity index (χ1) is 21.2. The smallest absolute Gasteiger partial charge is 0.307 e. The number of aliphatic hydroxyl groups excluding tert-OH is 1. The molecule has 240 valence electrons. The van der Waals surface area contributed by atoms with Crippen LogP contribution in [0.25, 0.3) is 18.2 Å². The molecule has 2 aliphatic rings. The maximum Gasteiger partial charge on any atom is 0.307 e. The Balaban J connectivity index is 1.90. The third kappa shape index (κ3) is 6.71. The van der Waals surface area contributed by atoms with Crippen molar-refractivity contribution in [2.75, 3.05) is 0 Å². The van der Waals surface area contributed by atoms with Gasteiger partial charge in [-0.3, -0.25) is 19.2 Å². The average molecular weight is 637 g/mol. The van der Waals surface area contributed by atoms with Gasteiger partial charge in [0.05, 0.1) is 18.2 Å². The Morgan fingerprint density at radius 2 is 1.73 bits per heavy atom. The van der Waals surface area contributed by atoms with Crippen LogP contribution in [-0.4, -0.2) is 60.3 Å². The van der Waals surface area contributed by atoms with Gasteiger partial charge in [-0.1, -0.05) is 32.6 Å². The molecule has 0 bridgehead atoms. The number of aliphatic carboxylic acids is 2. The molecule has 2 aliphatic heterocycles. The third-order valence-corrected chi connectivity index (χ3v) is 9.13. The number of amides is 2. The number of carboxylic acid groups (broad SMARTS) is 2. The van der Waals surface area contributed by atoms with E-state index in [4.69, 9.17) is 0 Å². The van der Waals surface area contributed by atoms with E-state index in [1.807, 2.05) is 26.8 Å². The van der Waals surface area contributed by atoms with E-state index in [0.29, 0.717) is 55.6 Å². The van der Waals surface area contributed by atoms with Crippen molar-refractivity contribution >= 4 is 54.6 Å². The second kappa shape index (κ2) is 13.4. The van der Waals surface area contributed by atoms with Gasteiger partial charge in [-0.15, -0.1) is 0 Å². The number of hydrogen-bond acceptors (Lipinski definition) is 6. The minimum absolute atomic E-state index is 0.0967. The molecule has 45 heavy (non-hydrogen) atoms. The van der Waals surface area contributed by atoms with E-state index in [9.17, 15) is 34.5 Å². The standard InChI is InChI=1S/C33H40N4O7S/c1-7-19-15(3)30(37-33(19)44)31(42)29-16(4)21(9-11-27(40)41)24(35-29)13-23-20(8-10-26(38)39)14(2)22(34-23)12-25-28(18(6)45)17(5)32(43)36-25/h7-8,12-13,17-18,28,30-31,34-35,42,45H,1,9-11H2,2-6H3,(H,36,43)(H,37,44)(H,38,39)(H,40,41)/b20-8+,23-13-,25-12-/t17-,18-,28+,30+,31-/m1/s1. The molecule has 2 amide bonds. The number of nitrogens with one attached hydrogen (secondary N) is 4. The zero-order valence-electron chi connectivity index (χ0n) is 25.9. The summed E-state index contributed by atoms with van der Waals surface area (Å²) < 4.78 is 0. The number of hydrogen-bond donors (Lipinski definition) is 8. The van der Waals surface area contributed by atoms with Crippen LogP contribution < -0.4 is 21.2 Å². The van der Waals surface area contributed by atoms with Crippen LogP contribution in [0.2, 0.25) is 0 Å². The van der Waals surface area contributed by atoms with Gasteiger partial charge in [0.1, 0.15) is 6.10 Å². The molecular formula is C33H40N4O7S. The van der Waals surface area contributed by atoms with Crippen LogP contribution in [-0.2, 0) is 25.6 Å². The van der Waals surface area contributed by atoms with Gasteiger partial charge < -0.3 is 35.9 Å². The Labute approximate surface area is 266 Å². The van der Waals surface area contributed by atoms with Crippen molar-refractivity contribution in [2.45, 2.75) is 71.3 Å². The highest BCUT2D eigenvalue weighted by Crippen LogP contribution is 2.34. The Hall–Kier alpha value is -4.29. The molecule has 2 aromatic rings. The van der Waals surface area contributed by atoms with Gasteiger partial charge in [0.2, 0.25) is 5.91 Å². The number of rotatable bonds is 11. The van der Waals surface area contributed by atoms with E-state index in [-0.39, 0.29) is 48.2 Å². The van der Waals surface area contributed by atoms with E-state index in [1.165, 1.54) is 6.08 Å². The third-order valence-electron chi connectivity index (χ3n) is 8.81. The summed E-state index contributed by atoms with van der Waals surface area (Å²) in [4.78, 5) is 54.6. The minimum Gasteiger partial charge on any atom is -0.481 e. The molecule has 12 heteroatoms. The van der Waals surface area contributed by atoms with E-state index < -0.39 is 24.1 Å². The lowest BCUT2D eigenvalue weighted by molar-refractivity contribution is -0.137. The Bertz CT molecular complexity index is 1760. The fourth-order valence-corrected chi connectivity index (χ4v) is 6.73. The van der Waals surface area contributed by atoms with E-state index in [1.54, 1.807) is 26.0 Å². The second-order valence-corrected chi connectivity index (χ2v) is 12.5. The second-order valence-electron chi connectivity index (χ2n) is 11.7. The van der Waals surface area contributed by atoms with Crippen molar-refractivity contribution in [2.24, 2.45) is 11.8 Å². The van der Waals surface area contributed by atoms with Gasteiger partial charge >= 0.3 is 11.9 Å². The first-order valence-corrected chi connectivity index (χ1v) is 15.3. The molecular weight excluding hydrogens is 596 g/mol. The topological polar surface area (TPSA) is 185 Å². The molecule has 1 fully saturated rings. The zero-order chi connectivity index (χ0) is 33.3. The SMILES string of the molecule is C=CC1=C(C)[C@@H]([C@H](O)c2[nH]c(/C=c3\[nH]c(/C=C4\NC(=O)[C@H](C)[C@H]4[C@@H](C)S)c(C)\c3=C/CC(=O)O)c(CCC(=O)O)c2C)NC1=O. The first-order valence-electron chi connectivity index (χ1n) is 14.7. The molecule has 2 aromatic heterocycles. The van der Waals surface area contributed by atoms with Crippen molar-refractivity contribution in [1.29, 1.82) is 0 Å². The molecule has 5 atom stereocenters. The number of aromatic amines is 2. The minimum atomic E-state index is -1.16. The number of aromatic nitrogens is 2. The quantitative estimate of drug-likeness (QED) is 0.174. The number of carbonyl (C=O) groups excluding carboxylic acids is 2. The summed E-state index contributed by atoms with van der Waals surface area (Å²) in [6.07, 6.45) is 5.26. The lowest BCUT2D eigenvalue weighted by atomic mass is 9.91. The zero-order valence-corrected chi connectivity index (χ0v) is 26.8. The summed E-state index contributed by atoms with van der Waals surface area (Å²) in [7, 11) is 0. The number of aliphatic hydroxyl groups is 1. The molecule has 0 radical (unpaired) electrons.